The third kappa shape index (κ3) is 10.0. The monoisotopic (exact) mass is 948 g/mol. The molecule has 352 valence electrons. The van der Waals surface area contributed by atoms with Gasteiger partial charge in [0.1, 0.15) is 0 Å². The van der Waals surface area contributed by atoms with Crippen LogP contribution in [0.2, 0.25) is 0 Å². The summed E-state index contributed by atoms with van der Waals surface area (Å²) >= 11 is 0. The fourth-order valence-corrected chi connectivity index (χ4v) is 9.85. The van der Waals surface area contributed by atoms with Crippen molar-refractivity contribution in [1.29, 1.82) is 0 Å². The molecule has 0 aliphatic heterocycles. The number of hydrogen-bond acceptors (Lipinski definition) is 2. The Morgan fingerprint density at radius 3 is 0.676 bits per heavy atom. The molecule has 0 aromatic heterocycles. The summed E-state index contributed by atoms with van der Waals surface area (Å²) in [5.74, 6) is -0.153. The Hall–Kier alpha value is -9.83. The summed E-state index contributed by atoms with van der Waals surface area (Å²) in [6.45, 7) is 0. The highest BCUT2D eigenvalue weighted by atomic mass is 16.2. The Bertz CT molecular complexity index is 3380. The summed E-state index contributed by atoms with van der Waals surface area (Å²) in [5.41, 5.74) is 26.8. The summed E-state index contributed by atoms with van der Waals surface area (Å²) in [5, 5.41) is 0. The molecule has 0 aliphatic carbocycles. The zero-order valence-corrected chi connectivity index (χ0v) is 40.8. The number of nitrogens with zero attached hydrogens (tertiary/aromatic N) is 1. The van der Waals surface area contributed by atoms with Crippen LogP contribution >= 0.6 is 0 Å². The highest BCUT2D eigenvalue weighted by Crippen LogP contribution is 2.40. The molecular weight excluding hydrogens is 897 g/mol. The topological polar surface area (TPSA) is 46.3 Å². The first-order chi connectivity index (χ1) is 36.6. The van der Waals surface area contributed by atoms with E-state index >= 15 is 0 Å². The molecule has 0 heterocycles. The first kappa shape index (κ1) is 46.5. The molecular formula is C71H52N2O. The summed E-state index contributed by atoms with van der Waals surface area (Å²) in [4.78, 5) is 16.4. The number of nitrogens with two attached hydrogens (primary N) is 1. The van der Waals surface area contributed by atoms with Crippen LogP contribution in [0.4, 0.5) is 17.1 Å². The van der Waals surface area contributed by atoms with Crippen LogP contribution in [0.5, 0.6) is 0 Å². The fraction of sp³-hybridized carbons (Fsp3) is 0. The summed E-state index contributed by atoms with van der Waals surface area (Å²) < 4.78 is 0. The van der Waals surface area contributed by atoms with Crippen molar-refractivity contribution in [2.45, 2.75) is 0 Å². The maximum atomic E-state index is 14.6. The second-order valence-electron chi connectivity index (χ2n) is 18.2. The Labute approximate surface area is 434 Å². The second kappa shape index (κ2) is 21.7. The van der Waals surface area contributed by atoms with Gasteiger partial charge in [-0.05, 0) is 138 Å². The summed E-state index contributed by atoms with van der Waals surface area (Å²) in [6, 6.07) is 105. The van der Waals surface area contributed by atoms with E-state index in [1.54, 1.807) is 29.2 Å². The molecule has 0 atom stereocenters. The molecule has 1 amide bonds. The lowest BCUT2D eigenvalue weighted by Crippen LogP contribution is -2.25. The van der Waals surface area contributed by atoms with Crippen molar-refractivity contribution in [2.24, 2.45) is 0 Å². The molecule has 11 rings (SSSR count). The van der Waals surface area contributed by atoms with Crippen LogP contribution < -0.4 is 10.6 Å². The fourth-order valence-electron chi connectivity index (χ4n) is 9.85. The number of anilines is 3. The molecule has 0 radical (unpaired) electrons. The van der Waals surface area contributed by atoms with Gasteiger partial charge in [0.2, 0.25) is 0 Å². The number of carbonyl (C=O) groups excluding carboxylic acids is 1. The minimum atomic E-state index is -0.153. The Balaban J connectivity index is 0.918. The van der Waals surface area contributed by atoms with Crippen LogP contribution in [0.3, 0.4) is 0 Å². The van der Waals surface area contributed by atoms with Gasteiger partial charge in [-0.25, -0.2) is 0 Å². The SMILES string of the molecule is Nc1ccc(C(=O)N(c2ccc(-c3ccc(C(=C(c4ccccc4)c4ccccc4)c4ccccc4)cc3)cc2)c2ccc(-c3ccc(C(=C(c4ccccc4)c4ccccc4)c4ccccc4)cc3)cc2)cc1. The largest absolute Gasteiger partial charge is 0.399 e. The van der Waals surface area contributed by atoms with Crippen LogP contribution in [-0.4, -0.2) is 5.91 Å². The molecule has 0 aliphatic rings. The minimum Gasteiger partial charge on any atom is -0.399 e. The maximum absolute atomic E-state index is 14.6. The number of benzene rings is 11. The lowest BCUT2D eigenvalue weighted by Gasteiger charge is -2.24. The van der Waals surface area contributed by atoms with E-state index in [0.717, 1.165) is 89.3 Å². The van der Waals surface area contributed by atoms with Gasteiger partial charge in [-0.1, -0.05) is 255 Å². The van der Waals surface area contributed by atoms with Gasteiger partial charge in [0.25, 0.3) is 5.91 Å². The molecule has 0 fully saturated rings. The molecule has 11 aromatic carbocycles. The predicted molar refractivity (Wildman–Crippen MR) is 310 cm³/mol. The molecule has 2 N–H and O–H groups in total. The number of amides is 1. The lowest BCUT2D eigenvalue weighted by atomic mass is 9.85. The number of hydrogen-bond donors (Lipinski definition) is 1. The Morgan fingerprint density at radius 1 is 0.230 bits per heavy atom. The molecule has 11 aromatic rings. The highest BCUT2D eigenvalue weighted by molar-refractivity contribution is 6.11. The average molecular weight is 949 g/mol. The highest BCUT2D eigenvalue weighted by Gasteiger charge is 2.22. The van der Waals surface area contributed by atoms with Crippen LogP contribution in [0.1, 0.15) is 54.9 Å². The van der Waals surface area contributed by atoms with Gasteiger partial charge in [-0.2, -0.15) is 0 Å². The summed E-state index contributed by atoms with van der Waals surface area (Å²) in [7, 11) is 0. The molecule has 0 bridgehead atoms. The van der Waals surface area contributed by atoms with Gasteiger partial charge < -0.3 is 5.73 Å². The normalized spacial score (nSPS) is 10.8. The zero-order chi connectivity index (χ0) is 50.1. The van der Waals surface area contributed by atoms with Gasteiger partial charge in [0.05, 0.1) is 0 Å². The Morgan fingerprint density at radius 2 is 0.432 bits per heavy atom. The van der Waals surface area contributed by atoms with Gasteiger partial charge in [0, 0.05) is 22.6 Å². The number of nitrogen functional groups attached to an aromatic ring is 1. The maximum Gasteiger partial charge on any atom is 0.262 e. The van der Waals surface area contributed by atoms with Gasteiger partial charge in [0.15, 0.2) is 0 Å². The third-order valence-electron chi connectivity index (χ3n) is 13.5. The van der Waals surface area contributed by atoms with Crippen LogP contribution in [0.25, 0.3) is 44.5 Å². The van der Waals surface area contributed by atoms with Crippen molar-refractivity contribution in [3.8, 4) is 22.3 Å². The van der Waals surface area contributed by atoms with E-state index in [1.807, 2.05) is 24.3 Å². The van der Waals surface area contributed by atoms with E-state index in [4.69, 9.17) is 5.73 Å². The standard InChI is InChI=1S/C71H52N2O/c72-64-45-39-63(40-46-64)71(74)73(65-47-41-53(42-48-65)51-31-35-61(36-32-51)69(59-27-15-5-16-28-59)67(55-19-7-1-8-20-55)56-21-9-2-10-22-56)66-49-43-54(44-50-66)52-33-37-62(38-34-52)70(60-29-17-6-18-30-60)68(57-23-11-3-12-24-57)58-25-13-4-14-26-58/h1-50H,72H2. The first-order valence-electron chi connectivity index (χ1n) is 25.0. The minimum absolute atomic E-state index is 0.153. The molecule has 3 nitrogen and oxygen atoms in total. The first-order valence-corrected chi connectivity index (χ1v) is 25.0. The van der Waals surface area contributed by atoms with Crippen molar-refractivity contribution >= 4 is 45.3 Å². The van der Waals surface area contributed by atoms with Crippen LogP contribution in [0.15, 0.2) is 303 Å². The van der Waals surface area contributed by atoms with E-state index < -0.39 is 0 Å². The van der Waals surface area contributed by atoms with Gasteiger partial charge >= 0.3 is 0 Å². The smallest absolute Gasteiger partial charge is 0.262 e. The molecule has 0 saturated carbocycles. The summed E-state index contributed by atoms with van der Waals surface area (Å²) in [6.07, 6.45) is 0. The molecule has 0 spiro atoms. The van der Waals surface area contributed by atoms with E-state index in [0.29, 0.717) is 11.3 Å². The Kier molecular flexibility index (Phi) is 13.6. The van der Waals surface area contributed by atoms with Crippen LogP contribution in [-0.2, 0) is 0 Å². The second-order valence-corrected chi connectivity index (χ2v) is 18.2. The van der Waals surface area contributed by atoms with Gasteiger partial charge in [-0.3, -0.25) is 9.69 Å². The third-order valence-corrected chi connectivity index (χ3v) is 13.5. The van der Waals surface area contributed by atoms with E-state index in [1.165, 1.54) is 11.1 Å². The predicted octanol–water partition coefficient (Wildman–Crippen LogP) is 17.6. The molecule has 3 heteroatoms. The van der Waals surface area contributed by atoms with Crippen molar-refractivity contribution < 1.29 is 4.79 Å². The van der Waals surface area contributed by atoms with Crippen molar-refractivity contribution in [3.63, 3.8) is 0 Å². The van der Waals surface area contributed by atoms with E-state index in [9.17, 15) is 4.79 Å². The van der Waals surface area contributed by atoms with Crippen LogP contribution in [0, 0.1) is 0 Å². The van der Waals surface area contributed by atoms with Crippen molar-refractivity contribution in [2.75, 3.05) is 10.6 Å². The van der Waals surface area contributed by atoms with Gasteiger partial charge in [-0.15, -0.1) is 0 Å². The zero-order valence-electron chi connectivity index (χ0n) is 40.8. The molecule has 0 saturated heterocycles. The van der Waals surface area contributed by atoms with Crippen molar-refractivity contribution in [1.82, 2.24) is 0 Å². The van der Waals surface area contributed by atoms with Crippen molar-refractivity contribution in [3.05, 3.63) is 353 Å². The van der Waals surface area contributed by atoms with E-state index in [2.05, 4.69) is 255 Å². The molecule has 0 unspecified atom stereocenters. The molecule has 74 heavy (non-hydrogen) atoms. The average Bonchev–Trinajstić information content (AvgIpc) is 3.48. The number of carbonyl (C=O) groups is 1. The quantitative estimate of drug-likeness (QED) is 0.0925. The number of rotatable bonds is 13. The van der Waals surface area contributed by atoms with E-state index in [-0.39, 0.29) is 5.91 Å². The lowest BCUT2D eigenvalue weighted by molar-refractivity contribution is 0.0999.